The van der Waals surface area contributed by atoms with Crippen LogP contribution in [-0.4, -0.2) is 0 Å². The van der Waals surface area contributed by atoms with E-state index in [-0.39, 0.29) is 0 Å². The molecule has 286 valence electrons. The molecule has 11 rings (SSSR count). The lowest BCUT2D eigenvalue weighted by Gasteiger charge is -2.30. The fraction of sp³-hybridized carbons (Fsp3) is 0. The van der Waals surface area contributed by atoms with Gasteiger partial charge in [-0.1, -0.05) is 206 Å². The van der Waals surface area contributed by atoms with Crippen LogP contribution in [0.15, 0.2) is 249 Å². The molecule has 0 radical (unpaired) electrons. The van der Waals surface area contributed by atoms with Crippen molar-refractivity contribution < 1.29 is 0 Å². The molecule has 11 aromatic rings. The van der Waals surface area contributed by atoms with Gasteiger partial charge in [0.2, 0.25) is 0 Å². The Morgan fingerprint density at radius 2 is 0.738 bits per heavy atom. The van der Waals surface area contributed by atoms with Gasteiger partial charge in [0.25, 0.3) is 0 Å². The van der Waals surface area contributed by atoms with Crippen molar-refractivity contribution in [2.45, 2.75) is 0 Å². The van der Waals surface area contributed by atoms with Gasteiger partial charge in [0.05, 0.1) is 11.4 Å². The summed E-state index contributed by atoms with van der Waals surface area (Å²) in [5.41, 5.74) is 15.1. The SMILES string of the molecule is c1ccc(-c2ccccc2N(c2ccc(-c3cccc(-c4ccc5ccccc5c4)c3)cc2)c2cc(-c3cc4ccccc4c4ccccc34)ccc2-c2ccccc2)cc1. The maximum absolute atomic E-state index is 2.46. The first-order valence-corrected chi connectivity index (χ1v) is 21.0. The number of nitrogens with zero attached hydrogens (tertiary/aromatic N) is 1. The van der Waals surface area contributed by atoms with Crippen molar-refractivity contribution >= 4 is 49.4 Å². The third-order valence-electron chi connectivity index (χ3n) is 12.0. The summed E-state index contributed by atoms with van der Waals surface area (Å²) in [6.45, 7) is 0. The fourth-order valence-corrected chi connectivity index (χ4v) is 9.03. The van der Waals surface area contributed by atoms with Crippen LogP contribution in [0.3, 0.4) is 0 Å². The van der Waals surface area contributed by atoms with E-state index < -0.39 is 0 Å². The van der Waals surface area contributed by atoms with Crippen LogP contribution in [0.1, 0.15) is 0 Å². The molecule has 0 amide bonds. The van der Waals surface area contributed by atoms with Crippen molar-refractivity contribution in [3.63, 3.8) is 0 Å². The van der Waals surface area contributed by atoms with Crippen LogP contribution in [0.25, 0.3) is 88.0 Å². The predicted molar refractivity (Wildman–Crippen MR) is 261 cm³/mol. The Hall–Kier alpha value is -8.00. The zero-order valence-corrected chi connectivity index (χ0v) is 33.6. The van der Waals surface area contributed by atoms with E-state index in [0.29, 0.717) is 0 Å². The molecule has 0 fully saturated rings. The average Bonchev–Trinajstić information content (AvgIpc) is 3.34. The molecule has 0 saturated heterocycles. The van der Waals surface area contributed by atoms with Gasteiger partial charge < -0.3 is 4.90 Å². The Morgan fingerprint density at radius 3 is 1.49 bits per heavy atom. The van der Waals surface area contributed by atoms with Crippen LogP contribution in [-0.2, 0) is 0 Å². The van der Waals surface area contributed by atoms with E-state index in [9.17, 15) is 0 Å². The lowest BCUT2D eigenvalue weighted by atomic mass is 9.91. The number of para-hydroxylation sites is 1. The molecule has 0 aliphatic rings. The standard InChI is InChI=1S/C60H41N/c1-3-17-44(18-4-1)54-26-13-14-29-59(54)61(52-35-32-43(33-36-52)47-23-15-24-48(38-47)49-31-30-42-16-7-8-21-46(42)39-49)60-41-51(34-37-55(60)45-19-5-2-6-20-45)58-40-50-22-9-10-25-53(50)56-27-11-12-28-57(56)58/h1-41H. The molecule has 0 bridgehead atoms. The number of benzene rings is 11. The highest BCUT2D eigenvalue weighted by atomic mass is 15.1. The van der Waals surface area contributed by atoms with E-state index in [1.54, 1.807) is 0 Å². The van der Waals surface area contributed by atoms with Crippen LogP contribution in [0.4, 0.5) is 17.1 Å². The summed E-state index contributed by atoms with van der Waals surface area (Å²) in [6, 6.07) is 90.6. The van der Waals surface area contributed by atoms with Crippen LogP contribution in [0.2, 0.25) is 0 Å². The summed E-state index contributed by atoms with van der Waals surface area (Å²) in [5.74, 6) is 0. The molecule has 1 nitrogen and oxygen atoms in total. The highest BCUT2D eigenvalue weighted by molar-refractivity contribution is 6.14. The molecule has 0 aromatic heterocycles. The molecule has 0 spiro atoms. The molecular weight excluding hydrogens is 735 g/mol. The molecular formula is C60H41N. The van der Waals surface area contributed by atoms with Gasteiger partial charge in [0.1, 0.15) is 0 Å². The number of rotatable bonds is 8. The maximum atomic E-state index is 2.46. The van der Waals surface area contributed by atoms with Crippen molar-refractivity contribution in [1.82, 2.24) is 0 Å². The zero-order valence-electron chi connectivity index (χ0n) is 33.6. The van der Waals surface area contributed by atoms with E-state index in [4.69, 9.17) is 0 Å². The second kappa shape index (κ2) is 15.6. The molecule has 0 N–H and O–H groups in total. The predicted octanol–water partition coefficient (Wildman–Crippen LogP) is 17.0. The van der Waals surface area contributed by atoms with Gasteiger partial charge in [-0.05, 0) is 119 Å². The minimum Gasteiger partial charge on any atom is -0.309 e. The highest BCUT2D eigenvalue weighted by Gasteiger charge is 2.22. The molecule has 11 aromatic carbocycles. The second-order valence-electron chi connectivity index (χ2n) is 15.7. The Bertz CT molecular complexity index is 3350. The first-order valence-electron chi connectivity index (χ1n) is 21.0. The van der Waals surface area contributed by atoms with E-state index in [1.165, 1.54) is 71.3 Å². The summed E-state index contributed by atoms with van der Waals surface area (Å²) in [4.78, 5) is 2.46. The van der Waals surface area contributed by atoms with Crippen molar-refractivity contribution in [1.29, 1.82) is 0 Å². The lowest BCUT2D eigenvalue weighted by Crippen LogP contribution is -2.12. The Morgan fingerprint density at radius 1 is 0.213 bits per heavy atom. The molecule has 0 aliphatic carbocycles. The summed E-state index contributed by atoms with van der Waals surface area (Å²) in [7, 11) is 0. The second-order valence-corrected chi connectivity index (χ2v) is 15.7. The van der Waals surface area contributed by atoms with Gasteiger partial charge in [-0.15, -0.1) is 0 Å². The number of fused-ring (bicyclic) bond motifs is 4. The Balaban J connectivity index is 1.10. The van der Waals surface area contributed by atoms with Crippen LogP contribution < -0.4 is 4.90 Å². The maximum Gasteiger partial charge on any atom is 0.0546 e. The van der Waals surface area contributed by atoms with E-state index in [1.807, 2.05) is 0 Å². The first-order chi connectivity index (χ1) is 30.2. The number of hydrogen-bond donors (Lipinski definition) is 0. The van der Waals surface area contributed by atoms with Gasteiger partial charge in [0, 0.05) is 16.8 Å². The van der Waals surface area contributed by atoms with Crippen molar-refractivity contribution in [3.05, 3.63) is 249 Å². The average molecular weight is 776 g/mol. The molecule has 1 heteroatoms. The Kier molecular flexibility index (Phi) is 9.26. The molecule has 0 aliphatic heterocycles. The monoisotopic (exact) mass is 775 g/mol. The van der Waals surface area contributed by atoms with Crippen molar-refractivity contribution in [2.24, 2.45) is 0 Å². The van der Waals surface area contributed by atoms with Crippen LogP contribution in [0, 0.1) is 0 Å². The summed E-state index contributed by atoms with van der Waals surface area (Å²) in [6.07, 6.45) is 0. The largest absolute Gasteiger partial charge is 0.309 e. The molecule has 61 heavy (non-hydrogen) atoms. The van der Waals surface area contributed by atoms with Crippen LogP contribution in [0.5, 0.6) is 0 Å². The number of anilines is 3. The minimum absolute atomic E-state index is 1.08. The summed E-state index contributed by atoms with van der Waals surface area (Å²) >= 11 is 0. The molecule has 0 heterocycles. The zero-order chi connectivity index (χ0) is 40.5. The van der Waals surface area contributed by atoms with E-state index in [2.05, 4.69) is 254 Å². The normalized spacial score (nSPS) is 11.3. The van der Waals surface area contributed by atoms with Crippen molar-refractivity contribution in [3.8, 4) is 55.6 Å². The van der Waals surface area contributed by atoms with Gasteiger partial charge in [0.15, 0.2) is 0 Å². The summed E-state index contributed by atoms with van der Waals surface area (Å²) < 4.78 is 0. The molecule has 0 saturated carbocycles. The fourth-order valence-electron chi connectivity index (χ4n) is 9.03. The van der Waals surface area contributed by atoms with Gasteiger partial charge in [-0.2, -0.15) is 0 Å². The topological polar surface area (TPSA) is 3.24 Å². The van der Waals surface area contributed by atoms with Gasteiger partial charge >= 0.3 is 0 Å². The quantitative estimate of drug-likeness (QED) is 0.139. The minimum atomic E-state index is 1.08. The molecule has 0 atom stereocenters. The molecule has 0 unspecified atom stereocenters. The van der Waals surface area contributed by atoms with Crippen molar-refractivity contribution in [2.75, 3.05) is 4.90 Å². The summed E-state index contributed by atoms with van der Waals surface area (Å²) in [5, 5.41) is 7.50. The van der Waals surface area contributed by atoms with Gasteiger partial charge in [-0.3, -0.25) is 0 Å². The lowest BCUT2D eigenvalue weighted by molar-refractivity contribution is 1.28. The van der Waals surface area contributed by atoms with Crippen LogP contribution >= 0.6 is 0 Å². The van der Waals surface area contributed by atoms with E-state index in [0.717, 1.165) is 33.8 Å². The third kappa shape index (κ3) is 6.83. The number of hydrogen-bond acceptors (Lipinski definition) is 1. The smallest absolute Gasteiger partial charge is 0.0546 e. The third-order valence-corrected chi connectivity index (χ3v) is 12.0. The first kappa shape index (κ1) is 36.1. The Labute approximate surface area is 357 Å². The highest BCUT2D eigenvalue weighted by Crippen LogP contribution is 2.47. The van der Waals surface area contributed by atoms with E-state index >= 15 is 0 Å². The van der Waals surface area contributed by atoms with Gasteiger partial charge in [-0.25, -0.2) is 0 Å².